The molecule has 2 aliphatic rings. The number of nitrogens with zero attached hydrogens (tertiary/aromatic N) is 1. The molecule has 3 unspecified atom stereocenters. The second kappa shape index (κ2) is 7.44. The SMILES string of the molecule is CCCCCCC(C)N1C2CCC1CC(CC(=O)O)C2. The van der Waals surface area contributed by atoms with E-state index in [2.05, 4.69) is 18.7 Å². The molecular weight excluding hydrogens is 250 g/mol. The lowest BCUT2D eigenvalue weighted by Crippen LogP contribution is -2.48. The molecule has 0 amide bonds. The largest absolute Gasteiger partial charge is 0.481 e. The first-order chi connectivity index (χ1) is 9.61. The van der Waals surface area contributed by atoms with Gasteiger partial charge in [-0.15, -0.1) is 0 Å². The molecule has 2 saturated heterocycles. The summed E-state index contributed by atoms with van der Waals surface area (Å²) in [5, 5.41) is 8.99. The topological polar surface area (TPSA) is 40.5 Å². The van der Waals surface area contributed by atoms with Crippen LogP contribution in [0.4, 0.5) is 0 Å². The van der Waals surface area contributed by atoms with Crippen molar-refractivity contribution in [3.8, 4) is 0 Å². The summed E-state index contributed by atoms with van der Waals surface area (Å²) < 4.78 is 0. The Kier molecular flexibility index (Phi) is 5.88. The summed E-state index contributed by atoms with van der Waals surface area (Å²) in [7, 11) is 0. The van der Waals surface area contributed by atoms with Crippen LogP contribution in [0, 0.1) is 5.92 Å². The predicted octanol–water partition coefficient (Wildman–Crippen LogP) is 4.06. The highest BCUT2D eigenvalue weighted by atomic mass is 16.4. The molecule has 0 spiro atoms. The van der Waals surface area contributed by atoms with Gasteiger partial charge < -0.3 is 5.11 Å². The highest BCUT2D eigenvalue weighted by Gasteiger charge is 2.42. The summed E-state index contributed by atoms with van der Waals surface area (Å²) in [6.45, 7) is 4.64. The van der Waals surface area contributed by atoms with Gasteiger partial charge in [-0.05, 0) is 44.9 Å². The third-order valence-electron chi connectivity index (χ3n) is 5.33. The van der Waals surface area contributed by atoms with Crippen molar-refractivity contribution in [3.63, 3.8) is 0 Å². The van der Waals surface area contributed by atoms with Crippen LogP contribution < -0.4 is 0 Å². The lowest BCUT2D eigenvalue weighted by Gasteiger charge is -2.42. The minimum atomic E-state index is -0.615. The molecule has 2 fully saturated rings. The summed E-state index contributed by atoms with van der Waals surface area (Å²) in [6, 6.07) is 2.02. The van der Waals surface area contributed by atoms with Gasteiger partial charge in [0.15, 0.2) is 0 Å². The third-order valence-corrected chi connectivity index (χ3v) is 5.33. The molecule has 0 radical (unpaired) electrons. The summed E-state index contributed by atoms with van der Waals surface area (Å²) in [5.41, 5.74) is 0. The number of carboxylic acid groups (broad SMARTS) is 1. The van der Waals surface area contributed by atoms with Gasteiger partial charge in [-0.25, -0.2) is 0 Å². The first kappa shape index (κ1) is 15.8. The summed E-state index contributed by atoms with van der Waals surface area (Å²) in [6.07, 6.45) is 11.9. The summed E-state index contributed by atoms with van der Waals surface area (Å²) in [4.78, 5) is 13.6. The Labute approximate surface area is 123 Å². The average molecular weight is 281 g/mol. The van der Waals surface area contributed by atoms with Crippen LogP contribution >= 0.6 is 0 Å². The number of hydrogen-bond acceptors (Lipinski definition) is 2. The van der Waals surface area contributed by atoms with Crippen LogP contribution in [0.2, 0.25) is 0 Å². The molecule has 0 aromatic heterocycles. The summed E-state index contributed by atoms with van der Waals surface area (Å²) in [5.74, 6) is -0.191. The van der Waals surface area contributed by atoms with Crippen LogP contribution in [0.15, 0.2) is 0 Å². The van der Waals surface area contributed by atoms with Gasteiger partial charge in [0.1, 0.15) is 0 Å². The molecule has 2 aliphatic heterocycles. The van der Waals surface area contributed by atoms with Crippen molar-refractivity contribution in [3.05, 3.63) is 0 Å². The fraction of sp³-hybridized carbons (Fsp3) is 0.941. The van der Waals surface area contributed by atoms with E-state index in [1.54, 1.807) is 0 Å². The van der Waals surface area contributed by atoms with E-state index in [9.17, 15) is 4.79 Å². The zero-order chi connectivity index (χ0) is 14.5. The monoisotopic (exact) mass is 281 g/mol. The van der Waals surface area contributed by atoms with Gasteiger partial charge in [0.2, 0.25) is 0 Å². The maximum absolute atomic E-state index is 10.9. The molecule has 0 aromatic carbocycles. The van der Waals surface area contributed by atoms with Crippen molar-refractivity contribution in [1.29, 1.82) is 0 Å². The number of rotatable bonds is 8. The minimum Gasteiger partial charge on any atom is -0.481 e. The van der Waals surface area contributed by atoms with Crippen LogP contribution in [-0.4, -0.2) is 34.1 Å². The van der Waals surface area contributed by atoms with E-state index in [1.807, 2.05) is 0 Å². The van der Waals surface area contributed by atoms with Crippen LogP contribution in [0.5, 0.6) is 0 Å². The Morgan fingerprint density at radius 2 is 1.85 bits per heavy atom. The Balaban J connectivity index is 1.80. The zero-order valence-corrected chi connectivity index (χ0v) is 13.2. The van der Waals surface area contributed by atoms with Crippen molar-refractivity contribution in [2.75, 3.05) is 0 Å². The van der Waals surface area contributed by atoms with Crippen molar-refractivity contribution in [1.82, 2.24) is 4.90 Å². The number of carbonyl (C=O) groups is 1. The number of aliphatic carboxylic acids is 1. The van der Waals surface area contributed by atoms with Gasteiger partial charge in [0.25, 0.3) is 0 Å². The van der Waals surface area contributed by atoms with Gasteiger partial charge >= 0.3 is 5.97 Å². The number of carboxylic acids is 1. The lowest BCUT2D eigenvalue weighted by molar-refractivity contribution is -0.138. The van der Waals surface area contributed by atoms with Crippen molar-refractivity contribution >= 4 is 5.97 Å². The molecule has 2 bridgehead atoms. The molecule has 20 heavy (non-hydrogen) atoms. The smallest absolute Gasteiger partial charge is 0.303 e. The fourth-order valence-electron chi connectivity index (χ4n) is 4.47. The normalized spacial score (nSPS) is 31.4. The Morgan fingerprint density at radius 3 is 2.40 bits per heavy atom. The van der Waals surface area contributed by atoms with Crippen LogP contribution in [0.25, 0.3) is 0 Å². The number of fused-ring (bicyclic) bond motifs is 2. The maximum Gasteiger partial charge on any atom is 0.303 e. The first-order valence-electron chi connectivity index (χ1n) is 8.61. The highest BCUT2D eigenvalue weighted by Crippen LogP contribution is 2.41. The van der Waals surface area contributed by atoms with Gasteiger partial charge in [0.05, 0.1) is 0 Å². The molecule has 116 valence electrons. The Morgan fingerprint density at radius 1 is 1.20 bits per heavy atom. The molecule has 0 saturated carbocycles. The van der Waals surface area contributed by atoms with Gasteiger partial charge in [-0.3, -0.25) is 9.69 Å². The van der Waals surface area contributed by atoms with Crippen molar-refractivity contribution in [2.45, 2.75) is 96.2 Å². The van der Waals surface area contributed by atoms with E-state index in [0.717, 1.165) is 12.8 Å². The third kappa shape index (κ3) is 3.97. The maximum atomic E-state index is 10.9. The number of hydrogen-bond donors (Lipinski definition) is 1. The molecule has 2 heterocycles. The van der Waals surface area contributed by atoms with Crippen molar-refractivity contribution in [2.24, 2.45) is 5.92 Å². The predicted molar refractivity (Wildman–Crippen MR) is 81.8 cm³/mol. The van der Waals surface area contributed by atoms with Crippen LogP contribution in [0.3, 0.4) is 0 Å². The van der Waals surface area contributed by atoms with E-state index in [4.69, 9.17) is 5.11 Å². The quantitative estimate of drug-likeness (QED) is 0.682. The number of unbranched alkanes of at least 4 members (excludes halogenated alkanes) is 3. The van der Waals surface area contributed by atoms with Crippen LogP contribution in [0.1, 0.15) is 78.1 Å². The van der Waals surface area contributed by atoms with Crippen LogP contribution in [-0.2, 0) is 4.79 Å². The molecule has 3 heteroatoms. The second-order valence-electron chi connectivity index (χ2n) is 6.97. The molecule has 1 N–H and O–H groups in total. The fourth-order valence-corrected chi connectivity index (χ4v) is 4.47. The molecule has 0 aliphatic carbocycles. The van der Waals surface area contributed by atoms with E-state index in [0.29, 0.717) is 30.5 Å². The Hall–Kier alpha value is -0.570. The zero-order valence-electron chi connectivity index (χ0n) is 13.2. The number of piperidine rings is 1. The molecule has 3 atom stereocenters. The molecule has 2 rings (SSSR count). The summed E-state index contributed by atoms with van der Waals surface area (Å²) >= 11 is 0. The van der Waals surface area contributed by atoms with Gasteiger partial charge in [-0.2, -0.15) is 0 Å². The van der Waals surface area contributed by atoms with Gasteiger partial charge in [-0.1, -0.05) is 32.6 Å². The molecular formula is C17H31NO2. The average Bonchev–Trinajstić information content (AvgIpc) is 2.66. The van der Waals surface area contributed by atoms with E-state index in [1.165, 1.54) is 44.9 Å². The van der Waals surface area contributed by atoms with Gasteiger partial charge in [0, 0.05) is 24.5 Å². The van der Waals surface area contributed by atoms with Crippen molar-refractivity contribution < 1.29 is 9.90 Å². The molecule has 0 aromatic rings. The highest BCUT2D eigenvalue weighted by molar-refractivity contribution is 5.67. The van der Waals surface area contributed by atoms with E-state index >= 15 is 0 Å². The molecule has 3 nitrogen and oxygen atoms in total. The Bertz CT molecular complexity index is 304. The first-order valence-corrected chi connectivity index (χ1v) is 8.61. The van der Waals surface area contributed by atoms with E-state index in [-0.39, 0.29) is 0 Å². The minimum absolute atomic E-state index is 0.381. The second-order valence-corrected chi connectivity index (χ2v) is 6.97. The van der Waals surface area contributed by atoms with E-state index < -0.39 is 5.97 Å². The standard InChI is InChI=1S/C17H31NO2/c1-3-4-5-6-7-13(2)18-15-8-9-16(18)11-14(10-15)12-17(19)20/h13-16H,3-12H2,1-2H3,(H,19,20). The lowest BCUT2D eigenvalue weighted by atomic mass is 9.87.